The van der Waals surface area contributed by atoms with Crippen LogP contribution in [0.1, 0.15) is 10.4 Å². The van der Waals surface area contributed by atoms with Crippen molar-refractivity contribution < 1.29 is 18.7 Å². The molecule has 5 rings (SSSR count). The van der Waals surface area contributed by atoms with Crippen LogP contribution in [0.3, 0.4) is 0 Å². The van der Waals surface area contributed by atoms with E-state index in [1.165, 1.54) is 34.8 Å². The van der Waals surface area contributed by atoms with E-state index in [1.807, 2.05) is 0 Å². The minimum atomic E-state index is -0.465. The molecule has 0 spiro atoms. The zero-order valence-electron chi connectivity index (χ0n) is 16.6. The molecule has 0 saturated heterocycles. The second kappa shape index (κ2) is 8.09. The standard InChI is InChI=1S/C22H15ClFN3O3S2/c1-27-9-12-8-17(23)32-20(12)19(28)18(27)21(29)26-22-25-14(10-31-22)16-7-6-15(30-16)11-2-4-13(24)5-3-11/h2-8,10,28H,9H2,1H3,(H,25,26,29). The number of nitrogens with zero attached hydrogens (tertiary/aromatic N) is 2. The highest BCUT2D eigenvalue weighted by Crippen LogP contribution is 2.38. The zero-order chi connectivity index (χ0) is 22.4. The maximum absolute atomic E-state index is 13.1. The van der Waals surface area contributed by atoms with Gasteiger partial charge in [-0.25, -0.2) is 9.37 Å². The number of carbonyl (C=O) groups is 1. The summed E-state index contributed by atoms with van der Waals surface area (Å²) < 4.78 is 19.5. The predicted molar refractivity (Wildman–Crippen MR) is 124 cm³/mol. The second-order valence-electron chi connectivity index (χ2n) is 7.12. The van der Waals surface area contributed by atoms with Crippen molar-refractivity contribution in [3.8, 4) is 22.8 Å². The van der Waals surface area contributed by atoms with Gasteiger partial charge < -0.3 is 14.4 Å². The van der Waals surface area contributed by atoms with Crippen LogP contribution in [0.5, 0.6) is 0 Å². The third kappa shape index (κ3) is 3.79. The van der Waals surface area contributed by atoms with E-state index in [2.05, 4.69) is 10.3 Å². The van der Waals surface area contributed by atoms with Crippen LogP contribution in [0.25, 0.3) is 28.5 Å². The fraction of sp³-hybridized carbons (Fsp3) is 0.0909. The molecular formula is C22H15ClFN3O3S2. The molecule has 0 bridgehead atoms. The smallest absolute Gasteiger partial charge is 0.277 e. The van der Waals surface area contributed by atoms with Gasteiger partial charge in [0.05, 0.1) is 9.21 Å². The van der Waals surface area contributed by atoms with Crippen LogP contribution in [-0.2, 0) is 11.3 Å². The number of thiazole rings is 1. The monoisotopic (exact) mass is 487 g/mol. The summed E-state index contributed by atoms with van der Waals surface area (Å²) in [5.74, 6) is 0.227. The molecular weight excluding hydrogens is 473 g/mol. The molecule has 4 aromatic rings. The topological polar surface area (TPSA) is 78.6 Å². The number of likely N-dealkylation sites (N-methyl/N-ethyl adjacent to an activating group) is 1. The van der Waals surface area contributed by atoms with Crippen LogP contribution >= 0.6 is 34.3 Å². The second-order valence-corrected chi connectivity index (χ2v) is 9.66. The van der Waals surface area contributed by atoms with Gasteiger partial charge in [0, 0.05) is 24.5 Å². The Morgan fingerprint density at radius 1 is 1.25 bits per heavy atom. The molecule has 0 unspecified atom stereocenters. The van der Waals surface area contributed by atoms with E-state index in [9.17, 15) is 14.3 Å². The molecule has 1 aliphatic rings. The quantitative estimate of drug-likeness (QED) is 0.356. The Morgan fingerprint density at radius 3 is 2.78 bits per heavy atom. The lowest BCUT2D eigenvalue weighted by Gasteiger charge is -2.26. The van der Waals surface area contributed by atoms with Crippen molar-refractivity contribution in [1.29, 1.82) is 0 Å². The number of halogens is 2. The van der Waals surface area contributed by atoms with E-state index in [1.54, 1.807) is 47.7 Å². The van der Waals surface area contributed by atoms with Gasteiger partial charge in [0.15, 0.2) is 16.7 Å². The Balaban J connectivity index is 1.36. The maximum Gasteiger partial charge on any atom is 0.277 e. The largest absolute Gasteiger partial charge is 0.504 e. The third-order valence-electron chi connectivity index (χ3n) is 4.93. The highest BCUT2D eigenvalue weighted by atomic mass is 35.5. The Labute approximate surface area is 195 Å². The highest BCUT2D eigenvalue weighted by molar-refractivity contribution is 7.17. The Morgan fingerprint density at radius 2 is 2.00 bits per heavy atom. The summed E-state index contributed by atoms with van der Waals surface area (Å²) in [5, 5.41) is 15.5. The van der Waals surface area contributed by atoms with Crippen LogP contribution in [0, 0.1) is 5.82 Å². The molecule has 6 nitrogen and oxygen atoms in total. The van der Waals surface area contributed by atoms with Gasteiger partial charge in [-0.3, -0.25) is 10.1 Å². The van der Waals surface area contributed by atoms with Crippen molar-refractivity contribution in [3.05, 3.63) is 74.1 Å². The van der Waals surface area contributed by atoms with Crippen molar-refractivity contribution in [3.63, 3.8) is 0 Å². The fourth-order valence-electron chi connectivity index (χ4n) is 3.46. The number of hydrogen-bond donors (Lipinski definition) is 2. The average molecular weight is 488 g/mol. The maximum atomic E-state index is 13.1. The summed E-state index contributed by atoms with van der Waals surface area (Å²) in [6.07, 6.45) is 0. The number of fused-ring (bicyclic) bond motifs is 1. The van der Waals surface area contributed by atoms with Crippen LogP contribution in [0.4, 0.5) is 9.52 Å². The number of anilines is 1. The fourth-order valence-corrected chi connectivity index (χ4v) is 5.36. The molecule has 0 aliphatic carbocycles. The van der Waals surface area contributed by atoms with Gasteiger partial charge in [-0.15, -0.1) is 22.7 Å². The summed E-state index contributed by atoms with van der Waals surface area (Å²) in [6.45, 7) is 0.465. The number of aromatic nitrogens is 1. The number of carbonyl (C=O) groups excluding carboxylic acids is 1. The van der Waals surface area contributed by atoms with Crippen molar-refractivity contribution in [2.45, 2.75) is 6.54 Å². The summed E-state index contributed by atoms with van der Waals surface area (Å²) in [5.41, 5.74) is 2.34. The van der Waals surface area contributed by atoms with Crippen LogP contribution in [0.2, 0.25) is 4.34 Å². The Kier molecular flexibility index (Phi) is 5.24. The number of nitrogens with one attached hydrogen (secondary N) is 1. The number of aliphatic hydroxyl groups excluding tert-OH is 1. The summed E-state index contributed by atoms with van der Waals surface area (Å²) in [6, 6.07) is 11.4. The average Bonchev–Trinajstić information content (AvgIpc) is 3.48. The number of benzene rings is 1. The molecule has 0 saturated carbocycles. The molecule has 1 aromatic carbocycles. The first-order valence-corrected chi connectivity index (χ1v) is 11.5. The van der Waals surface area contributed by atoms with E-state index in [4.69, 9.17) is 16.0 Å². The lowest BCUT2D eigenvalue weighted by atomic mass is 10.1. The van der Waals surface area contributed by atoms with Gasteiger partial charge in [0.1, 0.15) is 23.0 Å². The van der Waals surface area contributed by atoms with Gasteiger partial charge in [-0.05, 0) is 48.0 Å². The van der Waals surface area contributed by atoms with Gasteiger partial charge in [-0.1, -0.05) is 11.6 Å². The number of thiophene rings is 1. The predicted octanol–water partition coefficient (Wildman–Crippen LogP) is 6.23. The zero-order valence-corrected chi connectivity index (χ0v) is 18.9. The molecule has 1 amide bonds. The SMILES string of the molecule is CN1Cc2cc(Cl)sc2C(O)=C1C(=O)Nc1nc(-c2ccc(-c3ccc(F)cc3)o2)cs1. The Bertz CT molecular complexity index is 1360. The van der Waals surface area contributed by atoms with Gasteiger partial charge in [0.25, 0.3) is 5.91 Å². The molecule has 10 heteroatoms. The van der Waals surface area contributed by atoms with Crippen molar-refractivity contribution in [2.24, 2.45) is 0 Å². The summed E-state index contributed by atoms with van der Waals surface area (Å²) in [4.78, 5) is 19.6. The first-order valence-electron chi connectivity index (χ1n) is 9.45. The number of rotatable bonds is 4. The van der Waals surface area contributed by atoms with Gasteiger partial charge >= 0.3 is 0 Å². The van der Waals surface area contributed by atoms with E-state index in [0.717, 1.165) is 11.1 Å². The third-order valence-corrected chi connectivity index (χ3v) is 7.01. The molecule has 0 radical (unpaired) electrons. The number of furan rings is 1. The van der Waals surface area contributed by atoms with Crippen molar-refractivity contribution in [1.82, 2.24) is 9.88 Å². The number of aliphatic hydroxyl groups is 1. The summed E-state index contributed by atoms with van der Waals surface area (Å²) >= 11 is 8.54. The lowest BCUT2D eigenvalue weighted by Crippen LogP contribution is -2.31. The van der Waals surface area contributed by atoms with E-state index < -0.39 is 5.91 Å². The highest BCUT2D eigenvalue weighted by Gasteiger charge is 2.29. The number of hydrogen-bond acceptors (Lipinski definition) is 7. The molecule has 3 aromatic heterocycles. The first kappa shape index (κ1) is 20.7. The van der Waals surface area contributed by atoms with Crippen molar-refractivity contribution >= 4 is 51.1 Å². The van der Waals surface area contributed by atoms with E-state index in [-0.39, 0.29) is 17.3 Å². The lowest BCUT2D eigenvalue weighted by molar-refractivity contribution is -0.114. The minimum absolute atomic E-state index is 0.102. The van der Waals surface area contributed by atoms with Crippen LogP contribution < -0.4 is 5.32 Å². The molecule has 2 N–H and O–H groups in total. The first-order chi connectivity index (χ1) is 15.4. The molecule has 4 heterocycles. The van der Waals surface area contributed by atoms with Gasteiger partial charge in [0.2, 0.25) is 0 Å². The Hall–Kier alpha value is -3.14. The number of amides is 1. The molecule has 0 atom stereocenters. The summed E-state index contributed by atoms with van der Waals surface area (Å²) in [7, 11) is 1.73. The molecule has 0 fully saturated rings. The molecule has 1 aliphatic heterocycles. The molecule has 32 heavy (non-hydrogen) atoms. The normalized spacial score (nSPS) is 13.4. The van der Waals surface area contributed by atoms with Crippen LogP contribution in [-0.4, -0.2) is 27.9 Å². The van der Waals surface area contributed by atoms with Gasteiger partial charge in [-0.2, -0.15) is 0 Å². The molecule has 162 valence electrons. The van der Waals surface area contributed by atoms with E-state index in [0.29, 0.717) is 38.1 Å². The van der Waals surface area contributed by atoms with E-state index >= 15 is 0 Å². The van der Waals surface area contributed by atoms with Crippen molar-refractivity contribution in [2.75, 3.05) is 12.4 Å². The minimum Gasteiger partial charge on any atom is -0.504 e. The van der Waals surface area contributed by atoms with Crippen LogP contribution in [0.15, 0.2) is 58.0 Å².